The Balaban J connectivity index is 2.75. The van der Waals surface area contributed by atoms with E-state index in [1.165, 1.54) is 0 Å². The first-order valence-electron chi connectivity index (χ1n) is 5.41. The van der Waals surface area contributed by atoms with Crippen LogP contribution >= 0.6 is 12.2 Å². The van der Waals surface area contributed by atoms with E-state index in [1.807, 2.05) is 0 Å². The largest absolute Gasteiger partial charge is 0.394 e. The van der Waals surface area contributed by atoms with Crippen LogP contribution in [-0.2, 0) is 0 Å². The van der Waals surface area contributed by atoms with E-state index in [-0.39, 0.29) is 4.86 Å². The summed E-state index contributed by atoms with van der Waals surface area (Å²) in [4.78, 5) is 0.0623. The molecule has 5 nitrogen and oxygen atoms in total. The second kappa shape index (κ2) is 6.89. The van der Waals surface area contributed by atoms with E-state index in [0.29, 0.717) is 5.56 Å². The van der Waals surface area contributed by atoms with Crippen LogP contribution < -0.4 is 0 Å². The highest BCUT2D eigenvalue weighted by Gasteiger charge is 2.32. The molecule has 0 spiro atoms. The molecule has 18 heavy (non-hydrogen) atoms. The average Bonchev–Trinajstić information content (AvgIpc) is 2.44. The van der Waals surface area contributed by atoms with Crippen molar-refractivity contribution in [3.63, 3.8) is 0 Å². The fourth-order valence-corrected chi connectivity index (χ4v) is 1.73. The van der Waals surface area contributed by atoms with Gasteiger partial charge in [0, 0.05) is 0 Å². The molecular formula is C12H16O5S. The zero-order valence-electron chi connectivity index (χ0n) is 9.55. The van der Waals surface area contributed by atoms with Crippen LogP contribution in [0.1, 0.15) is 5.56 Å². The third kappa shape index (κ3) is 3.55. The molecule has 1 aromatic carbocycles. The zero-order valence-corrected chi connectivity index (χ0v) is 10.4. The van der Waals surface area contributed by atoms with Crippen LogP contribution in [0.3, 0.4) is 0 Å². The van der Waals surface area contributed by atoms with Gasteiger partial charge in [-0.1, -0.05) is 42.5 Å². The molecule has 0 aromatic heterocycles. The number of hydrogen-bond acceptors (Lipinski definition) is 6. The molecule has 0 fully saturated rings. The van der Waals surface area contributed by atoms with Gasteiger partial charge in [0.2, 0.25) is 0 Å². The minimum Gasteiger partial charge on any atom is -0.394 e. The molecule has 0 aliphatic rings. The average molecular weight is 272 g/mol. The predicted molar refractivity (Wildman–Crippen MR) is 69.3 cm³/mol. The Morgan fingerprint density at radius 2 is 1.56 bits per heavy atom. The Bertz CT molecular complexity index is 383. The van der Waals surface area contributed by atoms with Crippen LogP contribution in [0, 0.1) is 0 Å². The summed E-state index contributed by atoms with van der Waals surface area (Å²) in [7, 11) is 0. The highest BCUT2D eigenvalue weighted by molar-refractivity contribution is 7.81. The van der Waals surface area contributed by atoms with Crippen LogP contribution in [0.2, 0.25) is 0 Å². The Labute approximate surface area is 110 Å². The highest BCUT2D eigenvalue weighted by Crippen LogP contribution is 2.12. The van der Waals surface area contributed by atoms with Gasteiger partial charge in [-0.2, -0.15) is 0 Å². The lowest BCUT2D eigenvalue weighted by Gasteiger charge is -2.26. The maximum Gasteiger partial charge on any atom is 0.118 e. The summed E-state index contributed by atoms with van der Waals surface area (Å²) in [5.41, 5.74) is 0.546. The quantitative estimate of drug-likeness (QED) is 0.331. The lowest BCUT2D eigenvalue weighted by molar-refractivity contribution is -0.100. The standard InChI is InChI=1S/C12H16O5S/c13-6-8(14)9(15)10(16)11(17)12(18)7-4-2-1-3-5-7/h1-5,8-11,13-17H,6H2/t8-,9+,10+,11-/m1/s1. The fourth-order valence-electron chi connectivity index (χ4n) is 1.45. The molecule has 0 aliphatic heterocycles. The Kier molecular flexibility index (Phi) is 5.80. The zero-order chi connectivity index (χ0) is 13.7. The van der Waals surface area contributed by atoms with Gasteiger partial charge in [-0.25, -0.2) is 0 Å². The van der Waals surface area contributed by atoms with Crippen molar-refractivity contribution in [2.75, 3.05) is 6.61 Å². The molecule has 0 heterocycles. The topological polar surface area (TPSA) is 101 Å². The van der Waals surface area contributed by atoms with Gasteiger partial charge in [-0.3, -0.25) is 0 Å². The van der Waals surface area contributed by atoms with Crippen LogP contribution in [0.15, 0.2) is 30.3 Å². The summed E-state index contributed by atoms with van der Waals surface area (Å²) in [5, 5.41) is 46.8. The van der Waals surface area contributed by atoms with Crippen molar-refractivity contribution in [3.8, 4) is 0 Å². The number of rotatable bonds is 6. The van der Waals surface area contributed by atoms with Gasteiger partial charge in [0.1, 0.15) is 24.4 Å². The summed E-state index contributed by atoms with van der Waals surface area (Å²) < 4.78 is 0. The van der Waals surface area contributed by atoms with Gasteiger partial charge in [0.25, 0.3) is 0 Å². The summed E-state index contributed by atoms with van der Waals surface area (Å²) in [6.07, 6.45) is -6.38. The SMILES string of the molecule is OC[C@@H](O)[C@H](O)[C@H](O)[C@@H](O)C(=S)c1ccccc1. The second-order valence-corrected chi connectivity index (χ2v) is 4.35. The van der Waals surface area contributed by atoms with Gasteiger partial charge >= 0.3 is 0 Å². The number of aliphatic hydroxyl groups excluding tert-OH is 5. The number of benzene rings is 1. The lowest BCUT2D eigenvalue weighted by atomic mass is 9.97. The molecule has 0 amide bonds. The van der Waals surface area contributed by atoms with Crippen molar-refractivity contribution >= 4 is 17.1 Å². The minimum atomic E-state index is -1.67. The molecule has 0 bridgehead atoms. The van der Waals surface area contributed by atoms with Crippen molar-refractivity contribution in [3.05, 3.63) is 35.9 Å². The molecule has 5 N–H and O–H groups in total. The maximum absolute atomic E-state index is 9.81. The molecule has 0 saturated heterocycles. The molecule has 0 unspecified atom stereocenters. The van der Waals surface area contributed by atoms with E-state index in [9.17, 15) is 20.4 Å². The first-order chi connectivity index (χ1) is 8.49. The second-order valence-electron chi connectivity index (χ2n) is 3.91. The third-order valence-electron chi connectivity index (χ3n) is 2.58. The monoisotopic (exact) mass is 272 g/mol. The van der Waals surface area contributed by atoms with Gasteiger partial charge in [0.05, 0.1) is 11.5 Å². The van der Waals surface area contributed by atoms with Crippen molar-refractivity contribution < 1.29 is 25.5 Å². The normalized spacial score (nSPS) is 17.8. The molecule has 1 aromatic rings. The van der Waals surface area contributed by atoms with Crippen LogP contribution in [-0.4, -0.2) is 61.4 Å². The molecule has 1 rings (SSSR count). The van der Waals surface area contributed by atoms with E-state index in [1.54, 1.807) is 30.3 Å². The molecule has 100 valence electrons. The van der Waals surface area contributed by atoms with Crippen molar-refractivity contribution in [1.29, 1.82) is 0 Å². The molecule has 0 saturated carbocycles. The smallest absolute Gasteiger partial charge is 0.118 e. The summed E-state index contributed by atoms with van der Waals surface area (Å²) in [6, 6.07) is 8.54. The summed E-state index contributed by atoms with van der Waals surface area (Å²) in [6.45, 7) is -0.719. The van der Waals surface area contributed by atoms with E-state index < -0.39 is 31.0 Å². The number of aliphatic hydroxyl groups is 5. The van der Waals surface area contributed by atoms with E-state index in [4.69, 9.17) is 17.3 Å². The van der Waals surface area contributed by atoms with Gasteiger partial charge in [0.15, 0.2) is 0 Å². The maximum atomic E-state index is 9.81. The third-order valence-corrected chi connectivity index (χ3v) is 3.06. The summed E-state index contributed by atoms with van der Waals surface area (Å²) >= 11 is 5.00. The lowest BCUT2D eigenvalue weighted by Crippen LogP contribution is -2.48. The van der Waals surface area contributed by atoms with Crippen LogP contribution in [0.25, 0.3) is 0 Å². The number of hydrogen-bond donors (Lipinski definition) is 5. The van der Waals surface area contributed by atoms with Gasteiger partial charge in [-0.05, 0) is 5.56 Å². The molecule has 4 atom stereocenters. The minimum absolute atomic E-state index is 0.0623. The molecule has 0 radical (unpaired) electrons. The van der Waals surface area contributed by atoms with Crippen molar-refractivity contribution in [2.45, 2.75) is 24.4 Å². The Morgan fingerprint density at radius 3 is 2.06 bits per heavy atom. The molecular weight excluding hydrogens is 256 g/mol. The van der Waals surface area contributed by atoms with E-state index in [2.05, 4.69) is 0 Å². The predicted octanol–water partition coefficient (Wildman–Crippen LogP) is -1.16. The Morgan fingerprint density at radius 1 is 1.00 bits per heavy atom. The van der Waals surface area contributed by atoms with Gasteiger partial charge < -0.3 is 25.5 Å². The highest BCUT2D eigenvalue weighted by atomic mass is 32.1. The Hall–Kier alpha value is -0.890. The first kappa shape index (κ1) is 15.2. The van der Waals surface area contributed by atoms with Crippen LogP contribution in [0.4, 0.5) is 0 Å². The van der Waals surface area contributed by atoms with Gasteiger partial charge in [-0.15, -0.1) is 0 Å². The summed E-state index contributed by atoms with van der Waals surface area (Å²) in [5.74, 6) is 0. The van der Waals surface area contributed by atoms with Crippen molar-refractivity contribution in [1.82, 2.24) is 0 Å². The van der Waals surface area contributed by atoms with Crippen molar-refractivity contribution in [2.24, 2.45) is 0 Å². The van der Waals surface area contributed by atoms with Crippen LogP contribution in [0.5, 0.6) is 0 Å². The molecule has 0 aliphatic carbocycles. The van der Waals surface area contributed by atoms with E-state index >= 15 is 0 Å². The van der Waals surface area contributed by atoms with E-state index in [0.717, 1.165) is 0 Å². The number of thiocarbonyl (C=S) groups is 1. The fraction of sp³-hybridized carbons (Fsp3) is 0.417. The molecule has 6 heteroatoms. The first-order valence-corrected chi connectivity index (χ1v) is 5.82.